The summed E-state index contributed by atoms with van der Waals surface area (Å²) in [5, 5.41) is 18.7. The molecule has 2 aromatic heterocycles. The van der Waals surface area contributed by atoms with Crippen LogP contribution in [0.25, 0.3) is 10.6 Å². The Morgan fingerprint density at radius 1 is 0.757 bits per heavy atom. The molecule has 0 radical (unpaired) electrons. The minimum Gasteiger partial charge on any atom is -0.241 e. The van der Waals surface area contributed by atoms with Gasteiger partial charge in [0, 0.05) is 12.0 Å². The Kier molecular flexibility index (Phi) is 6.42. The minimum absolute atomic E-state index is 0.0438. The highest BCUT2D eigenvalue weighted by atomic mass is 32.1. The molecule has 0 N–H and O–H groups in total. The first-order valence-corrected chi connectivity index (χ1v) is 13.7. The van der Waals surface area contributed by atoms with Crippen LogP contribution >= 0.6 is 22.7 Å². The van der Waals surface area contributed by atoms with E-state index in [1.165, 1.54) is 16.9 Å². The fraction of sp³-hybridized carbons (Fsp3) is 0.138. The van der Waals surface area contributed by atoms with Crippen molar-refractivity contribution in [1.82, 2.24) is 9.97 Å². The maximum atomic E-state index is 5.12. The summed E-state index contributed by atoms with van der Waals surface area (Å²) in [6, 6.07) is 30.6. The van der Waals surface area contributed by atoms with Crippen LogP contribution in [0.2, 0.25) is 0 Å². The molecular formula is C29H24N6S2. The van der Waals surface area contributed by atoms with Gasteiger partial charge in [-0.3, -0.25) is 0 Å². The second-order valence-corrected chi connectivity index (χ2v) is 10.7. The van der Waals surface area contributed by atoms with Gasteiger partial charge in [0.25, 0.3) is 0 Å². The van der Waals surface area contributed by atoms with E-state index in [1.807, 2.05) is 66.5 Å². The zero-order chi connectivity index (χ0) is 25.2. The van der Waals surface area contributed by atoms with Crippen molar-refractivity contribution >= 4 is 44.2 Å². The van der Waals surface area contributed by atoms with E-state index in [4.69, 9.17) is 15.1 Å². The zero-order valence-corrected chi connectivity index (χ0v) is 22.1. The van der Waals surface area contributed by atoms with E-state index in [0.29, 0.717) is 0 Å². The molecule has 5 aromatic rings. The number of thiazole rings is 2. The third kappa shape index (κ3) is 4.85. The van der Waals surface area contributed by atoms with Gasteiger partial charge in [-0.2, -0.15) is 5.10 Å². The normalized spacial score (nSPS) is 15.5. The lowest BCUT2D eigenvalue weighted by Crippen LogP contribution is -2.18. The monoisotopic (exact) mass is 520 g/mol. The van der Waals surface area contributed by atoms with Crippen molar-refractivity contribution < 1.29 is 0 Å². The van der Waals surface area contributed by atoms with E-state index in [9.17, 15) is 0 Å². The second kappa shape index (κ2) is 10.2. The quantitative estimate of drug-likeness (QED) is 0.210. The topological polar surface area (TPSA) is 66.1 Å². The average molecular weight is 521 g/mol. The van der Waals surface area contributed by atoms with Gasteiger partial charge >= 0.3 is 0 Å². The first kappa shape index (κ1) is 23.4. The standard InChI is InChI=1S/C29H24N6S2/c1-19-26(36-28(30-19)22-14-8-4-9-15-22)24-18-25(21-12-6-3-7-13-21)35(34-24)29-31-20(2)27(37-29)33-32-23-16-10-5-11-17-23/h3-17,25H,18H2,1-2H3. The fourth-order valence-electron chi connectivity index (χ4n) is 4.29. The van der Waals surface area contributed by atoms with Gasteiger partial charge in [-0.15, -0.1) is 21.6 Å². The summed E-state index contributed by atoms with van der Waals surface area (Å²) in [4.78, 5) is 10.9. The molecule has 0 saturated carbocycles. The summed E-state index contributed by atoms with van der Waals surface area (Å²) < 4.78 is 0. The lowest BCUT2D eigenvalue weighted by atomic mass is 10.0. The number of aromatic nitrogens is 2. The number of aryl methyl sites for hydroxylation is 2. The molecule has 8 heteroatoms. The Labute approximate surface area is 223 Å². The first-order chi connectivity index (χ1) is 18.2. The Bertz CT molecular complexity index is 1570. The molecular weight excluding hydrogens is 496 g/mol. The minimum atomic E-state index is 0.0438. The second-order valence-electron chi connectivity index (χ2n) is 8.74. The van der Waals surface area contributed by atoms with Crippen LogP contribution in [0.3, 0.4) is 0 Å². The lowest BCUT2D eigenvalue weighted by molar-refractivity contribution is 0.705. The molecule has 0 amide bonds. The number of nitrogens with zero attached hydrogens (tertiary/aromatic N) is 6. The summed E-state index contributed by atoms with van der Waals surface area (Å²) in [6.45, 7) is 4.04. The number of hydrazone groups is 1. The number of hydrogen-bond donors (Lipinski definition) is 0. The zero-order valence-electron chi connectivity index (χ0n) is 20.4. The van der Waals surface area contributed by atoms with Gasteiger partial charge in [0.2, 0.25) is 5.13 Å². The molecule has 37 heavy (non-hydrogen) atoms. The van der Waals surface area contributed by atoms with Crippen molar-refractivity contribution in [3.05, 3.63) is 113 Å². The summed E-state index contributed by atoms with van der Waals surface area (Å²) in [5.41, 5.74) is 6.02. The summed E-state index contributed by atoms with van der Waals surface area (Å²) in [5.74, 6) is 0. The van der Waals surface area contributed by atoms with E-state index in [0.717, 1.165) is 54.8 Å². The Morgan fingerprint density at radius 3 is 2.16 bits per heavy atom. The number of benzene rings is 3. The van der Waals surface area contributed by atoms with Crippen LogP contribution < -0.4 is 5.01 Å². The summed E-state index contributed by atoms with van der Waals surface area (Å²) in [6.07, 6.45) is 0.779. The van der Waals surface area contributed by atoms with E-state index < -0.39 is 0 Å². The molecule has 182 valence electrons. The predicted octanol–water partition coefficient (Wildman–Crippen LogP) is 8.65. The molecule has 0 spiro atoms. The lowest BCUT2D eigenvalue weighted by Gasteiger charge is -2.21. The number of rotatable bonds is 6. The smallest absolute Gasteiger partial charge is 0.208 e. The van der Waals surface area contributed by atoms with Crippen molar-refractivity contribution in [2.45, 2.75) is 26.3 Å². The van der Waals surface area contributed by atoms with E-state index in [1.54, 1.807) is 11.3 Å². The van der Waals surface area contributed by atoms with Crippen molar-refractivity contribution in [3.63, 3.8) is 0 Å². The van der Waals surface area contributed by atoms with Crippen molar-refractivity contribution in [2.24, 2.45) is 15.3 Å². The SMILES string of the molecule is Cc1nc(N2N=C(c3sc(-c4ccccc4)nc3C)CC2c2ccccc2)sc1N=Nc1ccccc1. The highest BCUT2D eigenvalue weighted by Crippen LogP contribution is 2.43. The van der Waals surface area contributed by atoms with Crippen molar-refractivity contribution in [3.8, 4) is 10.6 Å². The predicted molar refractivity (Wildman–Crippen MR) is 153 cm³/mol. The molecule has 0 aliphatic carbocycles. The van der Waals surface area contributed by atoms with Crippen LogP contribution in [0.1, 0.15) is 34.3 Å². The maximum Gasteiger partial charge on any atom is 0.208 e. The van der Waals surface area contributed by atoms with Crippen LogP contribution in [0, 0.1) is 13.8 Å². The van der Waals surface area contributed by atoms with E-state index >= 15 is 0 Å². The summed E-state index contributed by atoms with van der Waals surface area (Å²) in [7, 11) is 0. The highest BCUT2D eigenvalue weighted by Gasteiger charge is 2.33. The van der Waals surface area contributed by atoms with Gasteiger partial charge in [-0.05, 0) is 31.5 Å². The molecule has 1 aliphatic rings. The molecule has 0 saturated heterocycles. The van der Waals surface area contributed by atoms with Crippen LogP contribution in [0.15, 0.2) is 106 Å². The maximum absolute atomic E-state index is 5.12. The Hall–Kier alpha value is -4.01. The van der Waals surface area contributed by atoms with Crippen LogP contribution in [0.5, 0.6) is 0 Å². The number of anilines is 1. The first-order valence-electron chi connectivity index (χ1n) is 12.0. The number of azo groups is 1. The van der Waals surface area contributed by atoms with Gasteiger partial charge < -0.3 is 0 Å². The molecule has 0 bridgehead atoms. The molecule has 6 rings (SSSR count). The molecule has 3 aromatic carbocycles. The Balaban J connectivity index is 1.36. The van der Waals surface area contributed by atoms with E-state index in [-0.39, 0.29) is 6.04 Å². The van der Waals surface area contributed by atoms with Gasteiger partial charge in [-0.1, -0.05) is 90.2 Å². The molecule has 0 fully saturated rings. The third-order valence-electron chi connectivity index (χ3n) is 6.14. The van der Waals surface area contributed by atoms with Gasteiger partial charge in [-0.25, -0.2) is 15.0 Å². The summed E-state index contributed by atoms with van der Waals surface area (Å²) >= 11 is 3.21. The van der Waals surface area contributed by atoms with Gasteiger partial charge in [0.15, 0.2) is 5.00 Å². The van der Waals surface area contributed by atoms with E-state index in [2.05, 4.69) is 53.6 Å². The van der Waals surface area contributed by atoms with Crippen molar-refractivity contribution in [2.75, 3.05) is 5.01 Å². The largest absolute Gasteiger partial charge is 0.241 e. The number of hydrogen-bond acceptors (Lipinski definition) is 8. The Morgan fingerprint density at radius 2 is 1.43 bits per heavy atom. The molecule has 6 nitrogen and oxygen atoms in total. The van der Waals surface area contributed by atoms with Crippen LogP contribution in [-0.2, 0) is 0 Å². The van der Waals surface area contributed by atoms with Crippen LogP contribution in [0.4, 0.5) is 15.8 Å². The van der Waals surface area contributed by atoms with Crippen molar-refractivity contribution in [1.29, 1.82) is 0 Å². The highest BCUT2D eigenvalue weighted by molar-refractivity contribution is 7.19. The van der Waals surface area contributed by atoms with Gasteiger partial charge in [0.05, 0.1) is 33.7 Å². The molecule has 1 aliphatic heterocycles. The van der Waals surface area contributed by atoms with Crippen LogP contribution in [-0.4, -0.2) is 15.7 Å². The third-order valence-corrected chi connectivity index (χ3v) is 8.43. The van der Waals surface area contributed by atoms with Gasteiger partial charge in [0.1, 0.15) is 5.01 Å². The fourth-order valence-corrected chi connectivity index (χ4v) is 6.25. The molecule has 1 atom stereocenters. The molecule has 3 heterocycles. The average Bonchev–Trinajstić information content (AvgIpc) is 3.65. The molecule has 1 unspecified atom stereocenters.